The molecule has 2 heteroatoms. The van der Waals surface area contributed by atoms with Gasteiger partial charge in [0.2, 0.25) is 0 Å². The molecule has 18 heavy (non-hydrogen) atoms. The fourth-order valence-corrected chi connectivity index (χ4v) is 2.89. The average Bonchev–Trinajstić information content (AvgIpc) is 2.56. The molecule has 0 bridgehead atoms. The van der Waals surface area contributed by atoms with Gasteiger partial charge in [-0.25, -0.2) is 0 Å². The van der Waals surface area contributed by atoms with Crippen LogP contribution in [0.1, 0.15) is 52.4 Å². The Morgan fingerprint density at radius 3 is 2.78 bits per heavy atom. The highest BCUT2D eigenvalue weighted by atomic mass is 15.1. The molecule has 106 valence electrons. The lowest BCUT2D eigenvalue weighted by atomic mass is 9.96. The molecular weight excluding hydrogens is 220 g/mol. The van der Waals surface area contributed by atoms with Crippen molar-refractivity contribution in [1.82, 2.24) is 10.2 Å². The number of hydrogen-bond donors (Lipinski definition) is 1. The minimum atomic E-state index is 0.978. The summed E-state index contributed by atoms with van der Waals surface area (Å²) in [7, 11) is 0. The van der Waals surface area contributed by atoms with E-state index in [1.807, 2.05) is 0 Å². The smallest absolute Gasteiger partial charge is 0.0202 e. The minimum Gasteiger partial charge on any atom is -0.313 e. The number of hydrogen-bond acceptors (Lipinski definition) is 2. The van der Waals surface area contributed by atoms with Gasteiger partial charge in [-0.2, -0.15) is 0 Å². The molecule has 2 nitrogen and oxygen atoms in total. The first-order chi connectivity index (χ1) is 8.76. The van der Waals surface area contributed by atoms with Crippen LogP contribution in [0, 0.1) is 5.92 Å². The second kappa shape index (κ2) is 9.57. The highest BCUT2D eigenvalue weighted by Crippen LogP contribution is 2.22. The molecule has 1 aliphatic heterocycles. The second-order valence-corrected chi connectivity index (χ2v) is 5.79. The zero-order valence-electron chi connectivity index (χ0n) is 12.5. The SMILES string of the molecule is C=C(CNCCC)CN1CCCC(CCC)CC1. The van der Waals surface area contributed by atoms with Gasteiger partial charge < -0.3 is 5.32 Å². The van der Waals surface area contributed by atoms with Crippen LogP contribution >= 0.6 is 0 Å². The number of nitrogens with one attached hydrogen (secondary N) is 1. The third-order valence-corrected chi connectivity index (χ3v) is 3.89. The van der Waals surface area contributed by atoms with Crippen LogP contribution in [0.3, 0.4) is 0 Å². The molecule has 0 amide bonds. The van der Waals surface area contributed by atoms with E-state index in [0.717, 1.165) is 25.6 Å². The van der Waals surface area contributed by atoms with E-state index in [1.54, 1.807) is 0 Å². The number of rotatable bonds is 8. The molecule has 1 fully saturated rings. The molecule has 0 spiro atoms. The van der Waals surface area contributed by atoms with E-state index in [2.05, 4.69) is 30.6 Å². The fourth-order valence-electron chi connectivity index (χ4n) is 2.89. The van der Waals surface area contributed by atoms with Gasteiger partial charge in [-0.15, -0.1) is 0 Å². The summed E-state index contributed by atoms with van der Waals surface area (Å²) in [6, 6.07) is 0. The lowest BCUT2D eigenvalue weighted by molar-refractivity contribution is 0.299. The Labute approximate surface area is 114 Å². The van der Waals surface area contributed by atoms with Crippen LogP contribution < -0.4 is 5.32 Å². The second-order valence-electron chi connectivity index (χ2n) is 5.79. The molecule has 0 aliphatic carbocycles. The van der Waals surface area contributed by atoms with E-state index in [-0.39, 0.29) is 0 Å². The Morgan fingerprint density at radius 1 is 1.22 bits per heavy atom. The first kappa shape index (κ1) is 15.7. The van der Waals surface area contributed by atoms with Crippen LogP contribution in [0.25, 0.3) is 0 Å². The molecule has 1 saturated heterocycles. The summed E-state index contributed by atoms with van der Waals surface area (Å²) in [6.45, 7) is 14.5. The largest absolute Gasteiger partial charge is 0.313 e. The van der Waals surface area contributed by atoms with Crippen molar-refractivity contribution in [3.8, 4) is 0 Å². The topological polar surface area (TPSA) is 15.3 Å². The monoisotopic (exact) mass is 252 g/mol. The van der Waals surface area contributed by atoms with Gasteiger partial charge in [-0.3, -0.25) is 4.90 Å². The van der Waals surface area contributed by atoms with Crippen LogP contribution in [0.4, 0.5) is 0 Å². The van der Waals surface area contributed by atoms with E-state index in [1.165, 1.54) is 57.2 Å². The van der Waals surface area contributed by atoms with Crippen molar-refractivity contribution in [2.75, 3.05) is 32.7 Å². The van der Waals surface area contributed by atoms with Gasteiger partial charge >= 0.3 is 0 Å². The summed E-state index contributed by atoms with van der Waals surface area (Å²) in [6.07, 6.45) is 8.18. The zero-order valence-corrected chi connectivity index (χ0v) is 12.5. The van der Waals surface area contributed by atoms with Crippen LogP contribution in [-0.4, -0.2) is 37.6 Å². The highest BCUT2D eigenvalue weighted by molar-refractivity contribution is 5.00. The fraction of sp³-hybridized carbons (Fsp3) is 0.875. The molecule has 1 atom stereocenters. The van der Waals surface area contributed by atoms with Crippen molar-refractivity contribution in [2.24, 2.45) is 5.92 Å². The molecule has 0 aromatic rings. The molecular formula is C16H32N2. The maximum Gasteiger partial charge on any atom is 0.0202 e. The zero-order chi connectivity index (χ0) is 13.2. The Kier molecular flexibility index (Phi) is 8.36. The van der Waals surface area contributed by atoms with Crippen molar-refractivity contribution in [1.29, 1.82) is 0 Å². The van der Waals surface area contributed by atoms with Gasteiger partial charge in [0.15, 0.2) is 0 Å². The third kappa shape index (κ3) is 6.55. The van der Waals surface area contributed by atoms with Crippen LogP contribution in [0.15, 0.2) is 12.2 Å². The van der Waals surface area contributed by atoms with Crippen LogP contribution in [-0.2, 0) is 0 Å². The van der Waals surface area contributed by atoms with E-state index < -0.39 is 0 Å². The normalized spacial score (nSPS) is 21.8. The maximum absolute atomic E-state index is 4.20. The standard InChI is InChI=1S/C16H32N2/c1-4-7-16-8-6-11-18(12-9-16)14-15(3)13-17-10-5-2/h16-17H,3-14H2,1-2H3. The Morgan fingerprint density at radius 2 is 2.06 bits per heavy atom. The van der Waals surface area contributed by atoms with E-state index in [4.69, 9.17) is 0 Å². The molecule has 1 aliphatic rings. The van der Waals surface area contributed by atoms with Crippen molar-refractivity contribution < 1.29 is 0 Å². The Balaban J connectivity index is 2.20. The van der Waals surface area contributed by atoms with Crippen LogP contribution in [0.5, 0.6) is 0 Å². The van der Waals surface area contributed by atoms with Crippen molar-refractivity contribution in [2.45, 2.75) is 52.4 Å². The van der Waals surface area contributed by atoms with E-state index >= 15 is 0 Å². The summed E-state index contributed by atoms with van der Waals surface area (Å²) < 4.78 is 0. The van der Waals surface area contributed by atoms with Crippen molar-refractivity contribution in [3.63, 3.8) is 0 Å². The van der Waals surface area contributed by atoms with Gasteiger partial charge in [0.1, 0.15) is 0 Å². The van der Waals surface area contributed by atoms with Crippen molar-refractivity contribution in [3.05, 3.63) is 12.2 Å². The van der Waals surface area contributed by atoms with Gasteiger partial charge in [0, 0.05) is 13.1 Å². The van der Waals surface area contributed by atoms with Crippen molar-refractivity contribution >= 4 is 0 Å². The predicted molar refractivity (Wildman–Crippen MR) is 81.0 cm³/mol. The molecule has 0 aromatic carbocycles. The minimum absolute atomic E-state index is 0.978. The summed E-state index contributed by atoms with van der Waals surface area (Å²) in [5.41, 5.74) is 1.34. The maximum atomic E-state index is 4.20. The molecule has 1 unspecified atom stereocenters. The molecule has 1 heterocycles. The Hall–Kier alpha value is -0.340. The predicted octanol–water partition coefficient (Wildman–Crippen LogP) is 3.44. The lowest BCUT2D eigenvalue weighted by Crippen LogP contribution is -2.30. The quantitative estimate of drug-likeness (QED) is 0.526. The number of likely N-dealkylation sites (tertiary alicyclic amines) is 1. The Bertz CT molecular complexity index is 225. The van der Waals surface area contributed by atoms with Gasteiger partial charge in [-0.05, 0) is 56.8 Å². The molecule has 1 rings (SSSR count). The van der Waals surface area contributed by atoms with E-state index in [0.29, 0.717) is 0 Å². The third-order valence-electron chi connectivity index (χ3n) is 3.89. The van der Waals surface area contributed by atoms with Crippen LogP contribution in [0.2, 0.25) is 0 Å². The summed E-state index contributed by atoms with van der Waals surface area (Å²) in [4.78, 5) is 2.60. The first-order valence-electron chi connectivity index (χ1n) is 7.86. The molecule has 0 radical (unpaired) electrons. The van der Waals surface area contributed by atoms with Gasteiger partial charge in [0.05, 0.1) is 0 Å². The molecule has 0 aromatic heterocycles. The summed E-state index contributed by atoms with van der Waals surface area (Å²) in [5, 5.41) is 3.44. The lowest BCUT2D eigenvalue weighted by Gasteiger charge is -2.21. The number of nitrogens with zero attached hydrogens (tertiary/aromatic N) is 1. The van der Waals surface area contributed by atoms with Gasteiger partial charge in [-0.1, -0.05) is 33.3 Å². The molecule has 1 N–H and O–H groups in total. The molecule has 0 saturated carbocycles. The average molecular weight is 252 g/mol. The van der Waals surface area contributed by atoms with Gasteiger partial charge in [0.25, 0.3) is 0 Å². The van der Waals surface area contributed by atoms with E-state index in [9.17, 15) is 0 Å². The summed E-state index contributed by atoms with van der Waals surface area (Å²) in [5.74, 6) is 0.978. The summed E-state index contributed by atoms with van der Waals surface area (Å²) >= 11 is 0. The first-order valence-corrected chi connectivity index (χ1v) is 7.86. The highest BCUT2D eigenvalue weighted by Gasteiger charge is 2.16.